The Morgan fingerprint density at radius 1 is 1.30 bits per heavy atom. The van der Waals surface area contributed by atoms with Gasteiger partial charge in [-0.05, 0) is 18.2 Å². The zero-order valence-corrected chi connectivity index (χ0v) is 12.2. The maximum absolute atomic E-state index is 11.3. The van der Waals surface area contributed by atoms with Gasteiger partial charge in [0.15, 0.2) is 12.4 Å². The van der Waals surface area contributed by atoms with E-state index in [2.05, 4.69) is 5.10 Å². The molecule has 0 bridgehead atoms. The smallest absolute Gasteiger partial charge is 0.287 e. The Hall–Kier alpha value is -1.47. The van der Waals surface area contributed by atoms with Crippen molar-refractivity contribution < 1.29 is 9.53 Å². The van der Waals surface area contributed by atoms with E-state index >= 15 is 0 Å². The summed E-state index contributed by atoms with van der Waals surface area (Å²) >= 11 is 17.5. The first-order valence-electron chi connectivity index (χ1n) is 5.32. The largest absolute Gasteiger partial charge is 0.471 e. The summed E-state index contributed by atoms with van der Waals surface area (Å²) in [6.45, 7) is 0.0360. The predicted octanol–water partition coefficient (Wildman–Crippen LogP) is 2.48. The van der Waals surface area contributed by atoms with Crippen molar-refractivity contribution >= 4 is 40.7 Å². The number of nitrogens with one attached hydrogen (secondary N) is 1. The number of nitrogens with two attached hydrogens (primary N) is 1. The fourth-order valence-corrected chi connectivity index (χ4v) is 2.18. The summed E-state index contributed by atoms with van der Waals surface area (Å²) in [7, 11) is 0. The highest BCUT2D eigenvalue weighted by atomic mass is 35.5. The first-order chi connectivity index (χ1) is 9.49. The minimum atomic E-state index is -0.584. The Bertz CT molecular complexity index is 624. The van der Waals surface area contributed by atoms with E-state index in [4.69, 9.17) is 45.4 Å². The number of benzene rings is 1. The van der Waals surface area contributed by atoms with Gasteiger partial charge in [0.05, 0.1) is 5.02 Å². The van der Waals surface area contributed by atoms with E-state index in [-0.39, 0.29) is 17.4 Å². The van der Waals surface area contributed by atoms with Crippen LogP contribution < -0.4 is 16.0 Å². The summed E-state index contributed by atoms with van der Waals surface area (Å²) in [5.41, 5.74) is 1.96. The molecule has 2 aromatic rings. The molecule has 1 aromatic heterocycles. The first kappa shape index (κ1) is 14.9. The summed E-state index contributed by atoms with van der Waals surface area (Å²) < 4.78 is 6.79. The molecule has 20 heavy (non-hydrogen) atoms. The Morgan fingerprint density at radius 2 is 1.95 bits per heavy atom. The van der Waals surface area contributed by atoms with Crippen molar-refractivity contribution in [2.75, 3.05) is 0 Å². The number of amides is 1. The van der Waals surface area contributed by atoms with Gasteiger partial charge in [-0.3, -0.25) is 10.2 Å². The van der Waals surface area contributed by atoms with Gasteiger partial charge in [0.1, 0.15) is 5.75 Å². The van der Waals surface area contributed by atoms with Gasteiger partial charge in [0.2, 0.25) is 0 Å². The van der Waals surface area contributed by atoms with Gasteiger partial charge in [0, 0.05) is 16.2 Å². The second-order valence-electron chi connectivity index (χ2n) is 3.72. The number of hydrogen-bond donors (Lipinski definition) is 2. The molecule has 0 aliphatic carbocycles. The van der Waals surface area contributed by atoms with Gasteiger partial charge in [-0.1, -0.05) is 34.8 Å². The zero-order valence-electron chi connectivity index (χ0n) is 9.94. The molecule has 0 spiro atoms. The topological polar surface area (TPSA) is 82.2 Å². The van der Waals surface area contributed by atoms with Crippen LogP contribution in [0.4, 0.5) is 0 Å². The highest BCUT2D eigenvalue weighted by Gasteiger charge is 2.14. The Balaban J connectivity index is 2.09. The SMILES string of the molecule is NNC(=O)c1nn(COc2cc(Cl)cc(Cl)c2)cc1Cl. The van der Waals surface area contributed by atoms with E-state index in [0.717, 1.165) is 0 Å². The predicted molar refractivity (Wildman–Crippen MR) is 76.0 cm³/mol. The second kappa shape index (κ2) is 6.32. The summed E-state index contributed by atoms with van der Waals surface area (Å²) in [6, 6.07) is 4.79. The average molecular weight is 336 g/mol. The van der Waals surface area contributed by atoms with Crippen molar-refractivity contribution in [1.82, 2.24) is 15.2 Å². The summed E-state index contributed by atoms with van der Waals surface area (Å²) in [4.78, 5) is 11.3. The summed E-state index contributed by atoms with van der Waals surface area (Å²) in [6.07, 6.45) is 1.44. The molecule has 9 heteroatoms. The number of carbonyl (C=O) groups excluding carboxylic acids is 1. The molecule has 106 valence electrons. The van der Waals surface area contributed by atoms with Crippen molar-refractivity contribution in [2.24, 2.45) is 5.84 Å². The number of carbonyl (C=O) groups is 1. The van der Waals surface area contributed by atoms with Gasteiger partial charge in [0.25, 0.3) is 5.91 Å². The number of hydrazine groups is 1. The van der Waals surface area contributed by atoms with E-state index in [1.54, 1.807) is 18.2 Å². The quantitative estimate of drug-likeness (QED) is 0.511. The lowest BCUT2D eigenvalue weighted by Gasteiger charge is -2.07. The summed E-state index contributed by atoms with van der Waals surface area (Å²) in [5.74, 6) is 4.90. The number of nitrogen functional groups attached to an aromatic ring is 1. The van der Waals surface area contributed by atoms with Crippen molar-refractivity contribution in [3.63, 3.8) is 0 Å². The molecule has 0 aliphatic rings. The molecule has 1 aromatic carbocycles. The lowest BCUT2D eigenvalue weighted by atomic mass is 10.3. The van der Waals surface area contributed by atoms with E-state index in [1.165, 1.54) is 10.9 Å². The number of ether oxygens (including phenoxy) is 1. The number of rotatable bonds is 4. The molecule has 0 saturated heterocycles. The van der Waals surface area contributed by atoms with Crippen LogP contribution in [0.3, 0.4) is 0 Å². The summed E-state index contributed by atoms with van der Waals surface area (Å²) in [5, 5.41) is 5.02. The molecule has 6 nitrogen and oxygen atoms in total. The van der Waals surface area contributed by atoms with Crippen LogP contribution in [-0.4, -0.2) is 15.7 Å². The van der Waals surface area contributed by atoms with Crippen LogP contribution in [0.2, 0.25) is 15.1 Å². The Labute approximate surface area is 129 Å². The molecular formula is C11H9Cl3N4O2. The molecule has 0 radical (unpaired) electrons. The molecular weight excluding hydrogens is 327 g/mol. The van der Waals surface area contributed by atoms with E-state index in [1.807, 2.05) is 5.43 Å². The maximum atomic E-state index is 11.3. The van der Waals surface area contributed by atoms with E-state index in [9.17, 15) is 4.79 Å². The third-order valence-corrected chi connectivity index (χ3v) is 2.98. The Morgan fingerprint density at radius 3 is 2.55 bits per heavy atom. The van der Waals surface area contributed by atoms with Gasteiger partial charge >= 0.3 is 0 Å². The number of aromatic nitrogens is 2. The van der Waals surface area contributed by atoms with Crippen molar-refractivity contribution in [2.45, 2.75) is 6.73 Å². The Kier molecular flexibility index (Phi) is 4.72. The zero-order chi connectivity index (χ0) is 14.7. The number of hydrogen-bond acceptors (Lipinski definition) is 4. The highest BCUT2D eigenvalue weighted by Crippen LogP contribution is 2.24. The molecule has 0 fully saturated rings. The standard InChI is InChI=1S/C11H9Cl3N4O2/c12-6-1-7(13)3-8(2-6)20-5-18-4-9(14)10(17-18)11(19)16-15/h1-4H,5,15H2,(H,16,19). The highest BCUT2D eigenvalue weighted by molar-refractivity contribution is 6.34. The molecule has 2 rings (SSSR count). The number of halogens is 3. The fourth-order valence-electron chi connectivity index (χ4n) is 1.44. The second-order valence-corrected chi connectivity index (χ2v) is 5.00. The van der Waals surface area contributed by atoms with Gasteiger partial charge < -0.3 is 4.74 Å². The first-order valence-corrected chi connectivity index (χ1v) is 6.46. The minimum absolute atomic E-state index is 0.0156. The monoisotopic (exact) mass is 334 g/mol. The van der Waals surface area contributed by atoms with Gasteiger partial charge in [-0.25, -0.2) is 10.5 Å². The molecule has 0 aliphatic heterocycles. The minimum Gasteiger partial charge on any atom is -0.471 e. The van der Waals surface area contributed by atoms with Crippen LogP contribution in [-0.2, 0) is 6.73 Å². The lowest BCUT2D eigenvalue weighted by molar-refractivity contribution is 0.0946. The van der Waals surface area contributed by atoms with E-state index in [0.29, 0.717) is 15.8 Å². The van der Waals surface area contributed by atoms with Crippen LogP contribution in [0.5, 0.6) is 5.75 Å². The fraction of sp³-hybridized carbons (Fsp3) is 0.0909. The maximum Gasteiger partial charge on any atom is 0.287 e. The van der Waals surface area contributed by atoms with Crippen molar-refractivity contribution in [1.29, 1.82) is 0 Å². The van der Waals surface area contributed by atoms with Gasteiger partial charge in [-0.15, -0.1) is 0 Å². The van der Waals surface area contributed by atoms with E-state index < -0.39 is 5.91 Å². The van der Waals surface area contributed by atoms with Crippen molar-refractivity contribution in [3.8, 4) is 5.75 Å². The van der Waals surface area contributed by atoms with Crippen molar-refractivity contribution in [3.05, 3.63) is 45.2 Å². The third-order valence-electron chi connectivity index (χ3n) is 2.26. The molecule has 1 amide bonds. The van der Waals surface area contributed by atoms with Crippen LogP contribution in [0.25, 0.3) is 0 Å². The molecule has 0 saturated carbocycles. The molecule has 1 heterocycles. The molecule has 0 unspecified atom stereocenters. The van der Waals surface area contributed by atoms with Crippen LogP contribution in [0.15, 0.2) is 24.4 Å². The van der Waals surface area contributed by atoms with Crippen LogP contribution >= 0.6 is 34.8 Å². The van der Waals surface area contributed by atoms with Gasteiger partial charge in [-0.2, -0.15) is 5.10 Å². The average Bonchev–Trinajstić information content (AvgIpc) is 2.76. The lowest BCUT2D eigenvalue weighted by Crippen LogP contribution is -2.30. The van der Waals surface area contributed by atoms with Crippen LogP contribution in [0, 0.1) is 0 Å². The third kappa shape index (κ3) is 3.55. The molecule has 3 N–H and O–H groups in total. The normalized spacial score (nSPS) is 10.4. The number of nitrogens with zero attached hydrogens (tertiary/aromatic N) is 2. The van der Waals surface area contributed by atoms with Crippen LogP contribution in [0.1, 0.15) is 10.5 Å². The molecule has 0 atom stereocenters.